The molecule has 80 valence electrons. The van der Waals surface area contributed by atoms with Gasteiger partial charge < -0.3 is 5.32 Å². The molecule has 2 rings (SSSR count). The Hall–Kier alpha value is -1.78. The van der Waals surface area contributed by atoms with Gasteiger partial charge in [-0.15, -0.1) is 0 Å². The molecule has 0 amide bonds. The summed E-state index contributed by atoms with van der Waals surface area (Å²) in [5.41, 5.74) is 2.15. The van der Waals surface area contributed by atoms with Gasteiger partial charge in [-0.1, -0.05) is 0 Å². The Kier molecular flexibility index (Phi) is 2.45. The molecule has 2 aromatic rings. The second-order valence-corrected chi connectivity index (χ2v) is 3.63. The van der Waals surface area contributed by atoms with E-state index in [9.17, 15) is 0 Å². The SMILES string of the molecule is Cc1cc(NCc2ccn(C)n2)nn1C. The van der Waals surface area contributed by atoms with Crippen molar-refractivity contribution in [1.29, 1.82) is 0 Å². The van der Waals surface area contributed by atoms with E-state index < -0.39 is 0 Å². The van der Waals surface area contributed by atoms with Crippen LogP contribution in [0.2, 0.25) is 0 Å². The van der Waals surface area contributed by atoms with Crippen LogP contribution in [-0.2, 0) is 20.6 Å². The fourth-order valence-corrected chi connectivity index (χ4v) is 1.39. The average Bonchev–Trinajstić information content (AvgIpc) is 2.72. The van der Waals surface area contributed by atoms with Gasteiger partial charge in [-0.25, -0.2) is 0 Å². The molecule has 0 aliphatic rings. The number of nitrogens with zero attached hydrogens (tertiary/aromatic N) is 4. The summed E-state index contributed by atoms with van der Waals surface area (Å²) in [5, 5.41) is 11.8. The third kappa shape index (κ3) is 2.18. The van der Waals surface area contributed by atoms with Crippen LogP contribution in [0, 0.1) is 6.92 Å². The Labute approximate surface area is 88.7 Å². The van der Waals surface area contributed by atoms with Gasteiger partial charge in [0.25, 0.3) is 0 Å². The second-order valence-electron chi connectivity index (χ2n) is 3.63. The molecule has 0 bridgehead atoms. The van der Waals surface area contributed by atoms with Crippen LogP contribution in [0.3, 0.4) is 0 Å². The number of aryl methyl sites for hydroxylation is 3. The maximum atomic E-state index is 4.30. The topological polar surface area (TPSA) is 47.7 Å². The lowest BCUT2D eigenvalue weighted by molar-refractivity contribution is 0.735. The smallest absolute Gasteiger partial charge is 0.148 e. The normalized spacial score (nSPS) is 10.6. The van der Waals surface area contributed by atoms with E-state index >= 15 is 0 Å². The highest BCUT2D eigenvalue weighted by Gasteiger charge is 2.01. The number of hydrogen-bond donors (Lipinski definition) is 1. The third-order valence-electron chi connectivity index (χ3n) is 2.33. The first-order chi connectivity index (χ1) is 7.15. The minimum absolute atomic E-state index is 0.706. The van der Waals surface area contributed by atoms with E-state index in [-0.39, 0.29) is 0 Å². The summed E-state index contributed by atoms with van der Waals surface area (Å²) in [4.78, 5) is 0. The largest absolute Gasteiger partial charge is 0.363 e. The first kappa shape index (κ1) is 9.76. The number of aromatic nitrogens is 4. The Morgan fingerprint density at radius 2 is 2.13 bits per heavy atom. The fourth-order valence-electron chi connectivity index (χ4n) is 1.39. The summed E-state index contributed by atoms with van der Waals surface area (Å²) in [6, 6.07) is 4.01. The maximum Gasteiger partial charge on any atom is 0.148 e. The van der Waals surface area contributed by atoms with Gasteiger partial charge in [0.1, 0.15) is 5.82 Å². The molecular formula is C10H15N5. The van der Waals surface area contributed by atoms with Crippen LogP contribution in [0.5, 0.6) is 0 Å². The third-order valence-corrected chi connectivity index (χ3v) is 2.33. The van der Waals surface area contributed by atoms with E-state index in [1.54, 1.807) is 4.68 Å². The lowest BCUT2D eigenvalue weighted by Crippen LogP contribution is -2.02. The summed E-state index contributed by atoms with van der Waals surface area (Å²) in [6.07, 6.45) is 1.93. The van der Waals surface area contributed by atoms with Gasteiger partial charge >= 0.3 is 0 Å². The van der Waals surface area contributed by atoms with E-state index in [1.165, 1.54) is 0 Å². The van der Waals surface area contributed by atoms with Crippen molar-refractivity contribution in [2.45, 2.75) is 13.5 Å². The molecule has 2 heterocycles. The zero-order valence-electron chi connectivity index (χ0n) is 9.23. The molecule has 0 saturated carbocycles. The Bertz CT molecular complexity index is 435. The van der Waals surface area contributed by atoms with Crippen LogP contribution in [0.15, 0.2) is 18.3 Å². The predicted molar refractivity (Wildman–Crippen MR) is 58.5 cm³/mol. The van der Waals surface area contributed by atoms with Crippen molar-refractivity contribution >= 4 is 5.82 Å². The van der Waals surface area contributed by atoms with Crippen molar-refractivity contribution in [3.8, 4) is 0 Å². The summed E-state index contributed by atoms with van der Waals surface area (Å²) in [5.74, 6) is 0.889. The lowest BCUT2D eigenvalue weighted by Gasteiger charge is -1.98. The summed E-state index contributed by atoms with van der Waals surface area (Å²) in [7, 11) is 3.84. The molecule has 0 spiro atoms. The van der Waals surface area contributed by atoms with Crippen LogP contribution in [0.4, 0.5) is 5.82 Å². The Morgan fingerprint density at radius 1 is 1.33 bits per heavy atom. The highest BCUT2D eigenvalue weighted by Crippen LogP contribution is 2.07. The van der Waals surface area contributed by atoms with E-state index in [4.69, 9.17) is 0 Å². The molecule has 0 fully saturated rings. The monoisotopic (exact) mass is 205 g/mol. The van der Waals surface area contributed by atoms with Gasteiger partial charge in [-0.3, -0.25) is 9.36 Å². The number of anilines is 1. The molecule has 2 aromatic heterocycles. The van der Waals surface area contributed by atoms with Gasteiger partial charge in [0.15, 0.2) is 0 Å². The van der Waals surface area contributed by atoms with Gasteiger partial charge in [0.2, 0.25) is 0 Å². The molecule has 1 N–H and O–H groups in total. The fraction of sp³-hybridized carbons (Fsp3) is 0.400. The zero-order valence-corrected chi connectivity index (χ0v) is 9.23. The molecular weight excluding hydrogens is 190 g/mol. The average molecular weight is 205 g/mol. The van der Waals surface area contributed by atoms with Crippen molar-refractivity contribution < 1.29 is 0 Å². The van der Waals surface area contributed by atoms with Crippen LogP contribution in [0.1, 0.15) is 11.4 Å². The summed E-state index contributed by atoms with van der Waals surface area (Å²) >= 11 is 0. The molecule has 0 atom stereocenters. The lowest BCUT2D eigenvalue weighted by atomic mass is 10.4. The predicted octanol–water partition coefficient (Wildman–Crippen LogP) is 1.07. The van der Waals surface area contributed by atoms with E-state index in [1.807, 2.05) is 44.0 Å². The molecule has 15 heavy (non-hydrogen) atoms. The molecule has 0 saturated heterocycles. The quantitative estimate of drug-likeness (QED) is 0.815. The standard InChI is InChI=1S/C10H15N5/c1-8-6-10(13-15(8)3)11-7-9-4-5-14(2)12-9/h4-6H,7H2,1-3H3,(H,11,13). The van der Waals surface area contributed by atoms with Crippen molar-refractivity contribution in [3.63, 3.8) is 0 Å². The minimum atomic E-state index is 0.706. The molecule has 0 radical (unpaired) electrons. The van der Waals surface area contributed by atoms with Gasteiger partial charge in [-0.2, -0.15) is 10.2 Å². The van der Waals surface area contributed by atoms with Crippen molar-refractivity contribution in [2.24, 2.45) is 14.1 Å². The minimum Gasteiger partial charge on any atom is -0.363 e. The van der Waals surface area contributed by atoms with E-state index in [0.29, 0.717) is 6.54 Å². The van der Waals surface area contributed by atoms with Crippen molar-refractivity contribution in [3.05, 3.63) is 29.7 Å². The Morgan fingerprint density at radius 3 is 2.67 bits per heavy atom. The molecule has 0 aromatic carbocycles. The van der Waals surface area contributed by atoms with Gasteiger partial charge in [-0.05, 0) is 13.0 Å². The van der Waals surface area contributed by atoms with Crippen LogP contribution < -0.4 is 5.32 Å². The van der Waals surface area contributed by atoms with Crippen LogP contribution in [-0.4, -0.2) is 19.6 Å². The summed E-state index contributed by atoms with van der Waals surface area (Å²) in [6.45, 7) is 2.73. The zero-order chi connectivity index (χ0) is 10.8. The number of nitrogens with one attached hydrogen (secondary N) is 1. The van der Waals surface area contributed by atoms with Crippen LogP contribution in [0.25, 0.3) is 0 Å². The first-order valence-corrected chi connectivity index (χ1v) is 4.88. The van der Waals surface area contributed by atoms with Crippen LogP contribution >= 0.6 is 0 Å². The molecule has 0 unspecified atom stereocenters. The van der Waals surface area contributed by atoms with E-state index in [0.717, 1.165) is 17.2 Å². The number of hydrogen-bond acceptors (Lipinski definition) is 3. The summed E-state index contributed by atoms with van der Waals surface area (Å²) < 4.78 is 3.64. The Balaban J connectivity index is 1.99. The number of rotatable bonds is 3. The highest BCUT2D eigenvalue weighted by molar-refractivity contribution is 5.35. The van der Waals surface area contributed by atoms with E-state index in [2.05, 4.69) is 15.5 Å². The molecule has 0 aliphatic carbocycles. The van der Waals surface area contributed by atoms with Gasteiger partial charge in [0.05, 0.1) is 12.2 Å². The first-order valence-electron chi connectivity index (χ1n) is 4.88. The maximum absolute atomic E-state index is 4.30. The van der Waals surface area contributed by atoms with Gasteiger partial charge in [0, 0.05) is 32.1 Å². The molecule has 5 heteroatoms. The molecule has 5 nitrogen and oxygen atoms in total. The molecule has 0 aliphatic heterocycles. The highest BCUT2D eigenvalue weighted by atomic mass is 15.3. The van der Waals surface area contributed by atoms with Crippen molar-refractivity contribution in [1.82, 2.24) is 19.6 Å². The van der Waals surface area contributed by atoms with Crippen molar-refractivity contribution in [2.75, 3.05) is 5.32 Å². The second kappa shape index (κ2) is 3.76.